The van der Waals surface area contributed by atoms with Gasteiger partial charge in [-0.15, -0.1) is 0 Å². The summed E-state index contributed by atoms with van der Waals surface area (Å²) in [4.78, 5) is 12.8. The second-order valence-corrected chi connectivity index (χ2v) is 5.66. The molecule has 0 aliphatic heterocycles. The summed E-state index contributed by atoms with van der Waals surface area (Å²) in [5.41, 5.74) is 8.25. The van der Waals surface area contributed by atoms with Crippen LogP contribution in [0.15, 0.2) is 54.6 Å². The van der Waals surface area contributed by atoms with Crippen LogP contribution in [-0.2, 0) is 16.8 Å². The summed E-state index contributed by atoms with van der Waals surface area (Å²) in [7, 11) is 0. The number of carbonyl (C=O) groups excluding carboxylic acids is 1. The van der Waals surface area contributed by atoms with Crippen LogP contribution in [0.3, 0.4) is 0 Å². The van der Waals surface area contributed by atoms with Crippen LogP contribution in [0, 0.1) is 0 Å². The average Bonchev–Trinajstić information content (AvgIpc) is 2.47. The normalized spacial score (nSPS) is 16.0. The lowest BCUT2D eigenvalue weighted by molar-refractivity contribution is -0.124. The molecule has 1 amide bonds. The lowest BCUT2D eigenvalue weighted by Gasteiger charge is -2.40. The van der Waals surface area contributed by atoms with Crippen LogP contribution in [0.1, 0.15) is 30.4 Å². The van der Waals surface area contributed by atoms with Gasteiger partial charge in [0.2, 0.25) is 5.91 Å². The van der Waals surface area contributed by atoms with E-state index in [0.29, 0.717) is 6.54 Å². The third-order valence-electron chi connectivity index (χ3n) is 4.39. The van der Waals surface area contributed by atoms with Crippen molar-refractivity contribution in [2.24, 2.45) is 5.73 Å². The van der Waals surface area contributed by atoms with Crippen molar-refractivity contribution in [3.63, 3.8) is 0 Å². The highest BCUT2D eigenvalue weighted by Gasteiger charge is 2.45. The topological polar surface area (TPSA) is 55.1 Å². The van der Waals surface area contributed by atoms with Crippen molar-refractivity contribution in [3.8, 4) is 0 Å². The van der Waals surface area contributed by atoms with E-state index in [0.717, 1.165) is 36.1 Å². The first-order valence-corrected chi connectivity index (χ1v) is 7.41. The van der Waals surface area contributed by atoms with Gasteiger partial charge in [-0.1, -0.05) is 48.9 Å². The molecule has 1 aliphatic rings. The molecular weight excluding hydrogens is 260 g/mol. The third-order valence-corrected chi connectivity index (χ3v) is 4.39. The van der Waals surface area contributed by atoms with Gasteiger partial charge in [0.25, 0.3) is 0 Å². The fraction of sp³-hybridized carbons (Fsp3) is 0.278. The highest BCUT2D eigenvalue weighted by Crippen LogP contribution is 2.44. The highest BCUT2D eigenvalue weighted by molar-refractivity contribution is 6.00. The summed E-state index contributed by atoms with van der Waals surface area (Å²) >= 11 is 0. The first-order valence-electron chi connectivity index (χ1n) is 7.41. The number of amides is 1. The molecule has 0 unspecified atom stereocenters. The van der Waals surface area contributed by atoms with Gasteiger partial charge in [0.15, 0.2) is 0 Å². The summed E-state index contributed by atoms with van der Waals surface area (Å²) in [6.07, 6.45) is 2.93. The van der Waals surface area contributed by atoms with E-state index in [2.05, 4.69) is 17.4 Å². The second-order valence-electron chi connectivity index (χ2n) is 5.66. The molecule has 3 rings (SSSR count). The zero-order chi connectivity index (χ0) is 14.7. The molecule has 3 heteroatoms. The van der Waals surface area contributed by atoms with Crippen molar-refractivity contribution < 1.29 is 4.79 Å². The number of hydrogen-bond donors (Lipinski definition) is 2. The molecular formula is C18H20N2O. The first kappa shape index (κ1) is 13.8. The maximum Gasteiger partial charge on any atom is 0.235 e. The lowest BCUT2D eigenvalue weighted by Crippen LogP contribution is -2.45. The van der Waals surface area contributed by atoms with Gasteiger partial charge in [-0.2, -0.15) is 0 Å². The molecule has 1 saturated carbocycles. The van der Waals surface area contributed by atoms with Crippen LogP contribution in [0.5, 0.6) is 0 Å². The van der Waals surface area contributed by atoms with E-state index in [4.69, 9.17) is 5.73 Å². The fourth-order valence-corrected chi connectivity index (χ4v) is 2.96. The van der Waals surface area contributed by atoms with E-state index < -0.39 is 0 Å². The van der Waals surface area contributed by atoms with Crippen LogP contribution in [0.2, 0.25) is 0 Å². The van der Waals surface area contributed by atoms with Crippen LogP contribution in [0.4, 0.5) is 5.69 Å². The molecule has 0 spiro atoms. The molecule has 0 saturated heterocycles. The van der Waals surface area contributed by atoms with Crippen molar-refractivity contribution >= 4 is 11.6 Å². The van der Waals surface area contributed by atoms with E-state index in [1.807, 2.05) is 42.5 Å². The smallest absolute Gasteiger partial charge is 0.235 e. The number of anilines is 1. The van der Waals surface area contributed by atoms with Gasteiger partial charge in [0, 0.05) is 12.2 Å². The van der Waals surface area contributed by atoms with Gasteiger partial charge >= 0.3 is 0 Å². The van der Waals surface area contributed by atoms with E-state index in [-0.39, 0.29) is 11.3 Å². The predicted octanol–water partition coefficient (Wildman–Crippen LogP) is 3.21. The Balaban J connectivity index is 1.83. The quantitative estimate of drug-likeness (QED) is 0.903. The van der Waals surface area contributed by atoms with E-state index in [1.54, 1.807) is 0 Å². The fourth-order valence-electron chi connectivity index (χ4n) is 2.96. The summed E-state index contributed by atoms with van der Waals surface area (Å²) in [6, 6.07) is 17.8. The van der Waals surface area contributed by atoms with Crippen molar-refractivity contribution in [2.45, 2.75) is 31.2 Å². The van der Waals surface area contributed by atoms with Gasteiger partial charge in [-0.05, 0) is 36.1 Å². The first-order chi connectivity index (χ1) is 10.2. The van der Waals surface area contributed by atoms with E-state index in [9.17, 15) is 4.79 Å². The predicted molar refractivity (Wildman–Crippen MR) is 84.9 cm³/mol. The van der Waals surface area contributed by atoms with Gasteiger partial charge < -0.3 is 11.1 Å². The Bertz CT molecular complexity index is 633. The van der Waals surface area contributed by atoms with Crippen LogP contribution < -0.4 is 11.1 Å². The van der Waals surface area contributed by atoms with Crippen LogP contribution in [0.25, 0.3) is 0 Å². The highest BCUT2D eigenvalue weighted by atomic mass is 16.2. The molecule has 0 atom stereocenters. The minimum Gasteiger partial charge on any atom is -0.326 e. The molecule has 0 heterocycles. The Hall–Kier alpha value is -2.13. The Morgan fingerprint density at radius 2 is 1.86 bits per heavy atom. The SMILES string of the molecule is NCc1cccc(NC(=O)C2(c3ccccc3)CCC2)c1. The number of rotatable bonds is 4. The minimum atomic E-state index is -0.361. The standard InChI is InChI=1S/C18H20N2O/c19-13-14-6-4-9-16(12-14)20-17(21)18(10-5-11-18)15-7-2-1-3-8-15/h1-4,6-9,12H,5,10-11,13,19H2,(H,20,21). The second kappa shape index (κ2) is 5.70. The average molecular weight is 280 g/mol. The molecule has 21 heavy (non-hydrogen) atoms. The summed E-state index contributed by atoms with van der Waals surface area (Å²) < 4.78 is 0. The van der Waals surface area contributed by atoms with Gasteiger partial charge in [-0.25, -0.2) is 0 Å². The van der Waals surface area contributed by atoms with E-state index >= 15 is 0 Å². The lowest BCUT2D eigenvalue weighted by atomic mass is 9.64. The van der Waals surface area contributed by atoms with Crippen molar-refractivity contribution in [3.05, 3.63) is 65.7 Å². The summed E-state index contributed by atoms with van der Waals surface area (Å²) in [5.74, 6) is 0.0918. The maximum atomic E-state index is 12.8. The number of nitrogens with two attached hydrogens (primary N) is 1. The third kappa shape index (κ3) is 2.57. The number of nitrogens with one attached hydrogen (secondary N) is 1. The summed E-state index contributed by atoms with van der Waals surface area (Å²) in [6.45, 7) is 0.480. The molecule has 1 aliphatic carbocycles. The van der Waals surface area contributed by atoms with Crippen molar-refractivity contribution in [1.29, 1.82) is 0 Å². The van der Waals surface area contributed by atoms with Crippen LogP contribution in [-0.4, -0.2) is 5.91 Å². The zero-order valence-electron chi connectivity index (χ0n) is 12.0. The number of carbonyl (C=O) groups is 1. The molecule has 3 nitrogen and oxygen atoms in total. The largest absolute Gasteiger partial charge is 0.326 e. The van der Waals surface area contributed by atoms with Gasteiger partial charge in [0.1, 0.15) is 0 Å². The number of hydrogen-bond acceptors (Lipinski definition) is 2. The molecule has 0 aromatic heterocycles. The Morgan fingerprint density at radius 3 is 2.48 bits per heavy atom. The zero-order valence-corrected chi connectivity index (χ0v) is 12.0. The molecule has 0 bridgehead atoms. The van der Waals surface area contributed by atoms with Crippen molar-refractivity contribution in [1.82, 2.24) is 0 Å². The molecule has 108 valence electrons. The van der Waals surface area contributed by atoms with E-state index in [1.165, 1.54) is 0 Å². The summed E-state index contributed by atoms with van der Waals surface area (Å²) in [5, 5.41) is 3.06. The Kier molecular flexibility index (Phi) is 3.76. The Morgan fingerprint density at radius 1 is 1.10 bits per heavy atom. The Labute approximate surface area is 125 Å². The molecule has 0 radical (unpaired) electrons. The molecule has 2 aromatic rings. The van der Waals surface area contributed by atoms with Gasteiger partial charge in [-0.3, -0.25) is 4.79 Å². The maximum absolute atomic E-state index is 12.8. The van der Waals surface area contributed by atoms with Crippen LogP contribution >= 0.6 is 0 Å². The molecule has 2 aromatic carbocycles. The minimum absolute atomic E-state index is 0.0918. The van der Waals surface area contributed by atoms with Crippen molar-refractivity contribution in [2.75, 3.05) is 5.32 Å². The molecule has 1 fully saturated rings. The number of benzene rings is 2. The van der Waals surface area contributed by atoms with Gasteiger partial charge in [0.05, 0.1) is 5.41 Å². The monoisotopic (exact) mass is 280 g/mol. The molecule has 3 N–H and O–H groups in total.